The highest BCUT2D eigenvalue weighted by molar-refractivity contribution is 7.91. The van der Waals surface area contributed by atoms with Crippen molar-refractivity contribution in [3.63, 3.8) is 0 Å². The maximum absolute atomic E-state index is 11.6. The van der Waals surface area contributed by atoms with Crippen LogP contribution >= 0.6 is 0 Å². The fourth-order valence-electron chi connectivity index (χ4n) is 2.44. The van der Waals surface area contributed by atoms with E-state index < -0.39 is 9.84 Å². The average molecular weight is 311 g/mol. The van der Waals surface area contributed by atoms with E-state index >= 15 is 0 Å². The molecular formula is C15H25N3O2S. The van der Waals surface area contributed by atoms with E-state index in [2.05, 4.69) is 28.2 Å². The summed E-state index contributed by atoms with van der Waals surface area (Å²) < 4.78 is 23.2. The van der Waals surface area contributed by atoms with Gasteiger partial charge in [0.05, 0.1) is 17.2 Å². The van der Waals surface area contributed by atoms with Crippen molar-refractivity contribution in [2.75, 3.05) is 31.1 Å². The summed E-state index contributed by atoms with van der Waals surface area (Å²) >= 11 is 0. The first-order chi connectivity index (χ1) is 10.1. The molecule has 2 rings (SSSR count). The Morgan fingerprint density at radius 2 is 2.14 bits per heavy atom. The van der Waals surface area contributed by atoms with Crippen molar-refractivity contribution in [1.82, 2.24) is 15.2 Å². The molecule has 0 amide bonds. The third-order valence-electron chi connectivity index (χ3n) is 3.68. The Kier molecular flexibility index (Phi) is 6.14. The molecule has 0 aromatic carbocycles. The number of sulfone groups is 1. The van der Waals surface area contributed by atoms with E-state index in [1.165, 1.54) is 5.56 Å². The molecule has 1 aromatic rings. The average Bonchev–Trinajstić information content (AvgIpc) is 2.62. The number of nitrogens with one attached hydrogen (secondary N) is 1. The molecular weight excluding hydrogens is 286 g/mol. The minimum Gasteiger partial charge on any atom is -0.313 e. The van der Waals surface area contributed by atoms with Gasteiger partial charge < -0.3 is 5.32 Å². The van der Waals surface area contributed by atoms with E-state index in [1.807, 2.05) is 12.3 Å². The van der Waals surface area contributed by atoms with Gasteiger partial charge in [-0.05, 0) is 37.6 Å². The lowest BCUT2D eigenvalue weighted by molar-refractivity contribution is 0.284. The highest BCUT2D eigenvalue weighted by atomic mass is 32.2. The van der Waals surface area contributed by atoms with E-state index in [1.54, 1.807) is 0 Å². The Morgan fingerprint density at radius 3 is 2.86 bits per heavy atom. The van der Waals surface area contributed by atoms with Crippen LogP contribution in [0.4, 0.5) is 0 Å². The van der Waals surface area contributed by atoms with E-state index in [-0.39, 0.29) is 5.75 Å². The quantitative estimate of drug-likeness (QED) is 0.800. The highest BCUT2D eigenvalue weighted by Gasteiger charge is 2.19. The first-order valence-corrected chi connectivity index (χ1v) is 9.48. The van der Waals surface area contributed by atoms with Crippen LogP contribution in [0.25, 0.3) is 0 Å². The summed E-state index contributed by atoms with van der Waals surface area (Å²) in [4.78, 5) is 6.67. The van der Waals surface area contributed by atoms with Crippen LogP contribution in [0.3, 0.4) is 0 Å². The molecule has 0 unspecified atom stereocenters. The number of pyridine rings is 1. The van der Waals surface area contributed by atoms with E-state index in [4.69, 9.17) is 0 Å². The lowest BCUT2D eigenvalue weighted by atomic mass is 10.2. The second-order valence-corrected chi connectivity index (χ2v) is 7.92. The van der Waals surface area contributed by atoms with Gasteiger partial charge >= 0.3 is 0 Å². The summed E-state index contributed by atoms with van der Waals surface area (Å²) in [6.45, 7) is 6.20. The Morgan fingerprint density at radius 1 is 1.29 bits per heavy atom. The highest BCUT2D eigenvalue weighted by Crippen LogP contribution is 2.09. The van der Waals surface area contributed by atoms with Gasteiger partial charge in [-0.15, -0.1) is 0 Å². The maximum atomic E-state index is 11.6. The predicted octanol–water partition coefficient (Wildman–Crippen LogP) is 1.20. The van der Waals surface area contributed by atoms with Crippen LogP contribution in [-0.2, 0) is 22.9 Å². The molecule has 1 fully saturated rings. The summed E-state index contributed by atoms with van der Waals surface area (Å²) in [7, 11) is -2.83. The van der Waals surface area contributed by atoms with Gasteiger partial charge in [0.15, 0.2) is 9.84 Å². The smallest absolute Gasteiger partial charge is 0.151 e. The predicted molar refractivity (Wildman–Crippen MR) is 84.8 cm³/mol. The minimum atomic E-state index is -2.83. The Bertz CT molecular complexity index is 528. The molecule has 1 aliphatic rings. The van der Waals surface area contributed by atoms with E-state index in [0.717, 1.165) is 44.7 Å². The Balaban J connectivity index is 1.85. The number of hydrogen-bond acceptors (Lipinski definition) is 5. The number of aromatic nitrogens is 1. The minimum absolute atomic E-state index is 0.270. The molecule has 1 N–H and O–H groups in total. The Labute approximate surface area is 127 Å². The third kappa shape index (κ3) is 5.73. The number of nitrogens with zero attached hydrogens (tertiary/aromatic N) is 2. The second-order valence-electron chi connectivity index (χ2n) is 5.62. The zero-order chi connectivity index (χ0) is 15.1. The van der Waals surface area contributed by atoms with Crippen LogP contribution in [0.15, 0.2) is 18.3 Å². The molecule has 1 aromatic heterocycles. The van der Waals surface area contributed by atoms with E-state index in [0.29, 0.717) is 12.3 Å². The van der Waals surface area contributed by atoms with Crippen molar-refractivity contribution in [1.29, 1.82) is 0 Å². The fraction of sp³-hybridized carbons (Fsp3) is 0.667. The van der Waals surface area contributed by atoms with Crippen LogP contribution in [0.2, 0.25) is 0 Å². The summed E-state index contributed by atoms with van der Waals surface area (Å²) in [5.74, 6) is 0.588. The molecule has 0 aliphatic carbocycles. The van der Waals surface area contributed by atoms with Gasteiger partial charge in [0.2, 0.25) is 0 Å². The van der Waals surface area contributed by atoms with Gasteiger partial charge in [0.25, 0.3) is 0 Å². The third-order valence-corrected chi connectivity index (χ3v) is 5.39. The number of hydrogen-bond donors (Lipinski definition) is 1. The molecule has 0 bridgehead atoms. The van der Waals surface area contributed by atoms with Crippen molar-refractivity contribution in [2.24, 2.45) is 0 Å². The zero-order valence-electron chi connectivity index (χ0n) is 12.7. The van der Waals surface area contributed by atoms with Gasteiger partial charge in [-0.3, -0.25) is 9.88 Å². The zero-order valence-corrected chi connectivity index (χ0v) is 13.5. The van der Waals surface area contributed by atoms with Crippen molar-refractivity contribution in [2.45, 2.75) is 32.9 Å². The molecule has 0 radical (unpaired) electrons. The summed E-state index contributed by atoms with van der Waals surface area (Å²) in [6.07, 6.45) is 3.76. The van der Waals surface area contributed by atoms with Crippen LogP contribution in [0.1, 0.15) is 31.0 Å². The van der Waals surface area contributed by atoms with Crippen LogP contribution < -0.4 is 5.32 Å². The summed E-state index contributed by atoms with van der Waals surface area (Å²) in [6, 6.07) is 4.14. The first-order valence-electron chi connectivity index (χ1n) is 7.66. The van der Waals surface area contributed by atoms with Gasteiger partial charge in [-0.2, -0.15) is 0 Å². The molecule has 21 heavy (non-hydrogen) atoms. The molecule has 118 valence electrons. The SMILES string of the molecule is CCCNCc1ccc(CN2CCCS(=O)(=O)CC2)nc1. The molecule has 1 aliphatic heterocycles. The first kappa shape index (κ1) is 16.4. The van der Waals surface area contributed by atoms with E-state index in [9.17, 15) is 8.42 Å². The van der Waals surface area contributed by atoms with Gasteiger partial charge in [0, 0.05) is 25.8 Å². The molecule has 6 heteroatoms. The van der Waals surface area contributed by atoms with Crippen LogP contribution in [0.5, 0.6) is 0 Å². The fourth-order valence-corrected chi connectivity index (χ4v) is 3.75. The van der Waals surface area contributed by atoms with Crippen molar-refractivity contribution in [3.05, 3.63) is 29.6 Å². The molecule has 0 spiro atoms. The van der Waals surface area contributed by atoms with Gasteiger partial charge in [0.1, 0.15) is 0 Å². The monoisotopic (exact) mass is 311 g/mol. The topological polar surface area (TPSA) is 62.3 Å². The van der Waals surface area contributed by atoms with Gasteiger partial charge in [-0.1, -0.05) is 13.0 Å². The molecule has 2 heterocycles. The molecule has 1 saturated heterocycles. The maximum Gasteiger partial charge on any atom is 0.151 e. The molecule has 0 atom stereocenters. The van der Waals surface area contributed by atoms with Crippen LogP contribution in [0, 0.1) is 0 Å². The second kappa shape index (κ2) is 7.87. The lowest BCUT2D eigenvalue weighted by Crippen LogP contribution is -2.27. The summed E-state index contributed by atoms with van der Waals surface area (Å²) in [5, 5.41) is 3.35. The van der Waals surface area contributed by atoms with Crippen molar-refractivity contribution in [3.8, 4) is 0 Å². The van der Waals surface area contributed by atoms with Crippen molar-refractivity contribution < 1.29 is 8.42 Å². The standard InChI is InChI=1S/C15H25N3O2S/c1-2-6-16-11-14-4-5-15(17-12-14)13-18-7-3-9-21(19,20)10-8-18/h4-5,12,16H,2-3,6-11,13H2,1H3. The van der Waals surface area contributed by atoms with Crippen molar-refractivity contribution >= 4 is 9.84 Å². The van der Waals surface area contributed by atoms with Gasteiger partial charge in [-0.25, -0.2) is 8.42 Å². The normalized spacial score (nSPS) is 19.3. The van der Waals surface area contributed by atoms with Crippen LogP contribution in [-0.4, -0.2) is 49.4 Å². The number of rotatable bonds is 6. The largest absolute Gasteiger partial charge is 0.313 e. The lowest BCUT2D eigenvalue weighted by Gasteiger charge is -2.18. The summed E-state index contributed by atoms with van der Waals surface area (Å²) in [5.41, 5.74) is 2.19. The molecule has 0 saturated carbocycles. The Hall–Kier alpha value is -0.980. The molecule has 5 nitrogen and oxygen atoms in total.